The third-order valence-corrected chi connectivity index (χ3v) is 6.10. The molecule has 10 heteroatoms. The van der Waals surface area contributed by atoms with Crippen molar-refractivity contribution in [3.63, 3.8) is 0 Å². The molecule has 0 unspecified atom stereocenters. The Morgan fingerprint density at radius 2 is 1.77 bits per heavy atom. The van der Waals surface area contributed by atoms with Crippen molar-refractivity contribution in [1.29, 1.82) is 0 Å². The fraction of sp³-hybridized carbons (Fsp3) is 0.640. The number of esters is 2. The van der Waals surface area contributed by atoms with Crippen LogP contribution in [0.1, 0.15) is 53.5 Å². The molecular formula is C25H36N2O8. The normalized spacial score (nSPS) is 26.4. The van der Waals surface area contributed by atoms with Crippen molar-refractivity contribution in [3.05, 3.63) is 35.9 Å². The number of carbonyl (C=O) groups is 3. The van der Waals surface area contributed by atoms with Crippen molar-refractivity contribution in [2.45, 2.75) is 84.0 Å². The molecule has 0 saturated carbocycles. The van der Waals surface area contributed by atoms with Crippen LogP contribution in [-0.2, 0) is 35.1 Å². The fourth-order valence-corrected chi connectivity index (χ4v) is 4.59. The third-order valence-electron chi connectivity index (χ3n) is 6.10. The minimum atomic E-state index is -1.08. The molecule has 2 heterocycles. The number of hydrogen-bond donors (Lipinski definition) is 1. The lowest BCUT2D eigenvalue weighted by Crippen LogP contribution is -2.58. The molecule has 4 atom stereocenters. The van der Waals surface area contributed by atoms with Crippen LogP contribution >= 0.6 is 0 Å². The summed E-state index contributed by atoms with van der Waals surface area (Å²) in [5, 5.41) is 11.9. The van der Waals surface area contributed by atoms with Crippen LogP contribution in [0.5, 0.6) is 0 Å². The Hall–Kier alpha value is -2.69. The second-order valence-corrected chi connectivity index (χ2v) is 10.2. The van der Waals surface area contributed by atoms with Gasteiger partial charge in [0.25, 0.3) is 0 Å². The number of nitrogens with zero attached hydrogens (tertiary/aromatic N) is 2. The molecule has 1 amide bonds. The van der Waals surface area contributed by atoms with E-state index in [4.69, 9.17) is 18.9 Å². The molecule has 194 valence electrons. The predicted octanol–water partition coefficient (Wildman–Crippen LogP) is 3.11. The molecule has 10 nitrogen and oxygen atoms in total. The van der Waals surface area contributed by atoms with E-state index in [1.807, 2.05) is 30.3 Å². The van der Waals surface area contributed by atoms with Gasteiger partial charge in [-0.15, -0.1) is 0 Å². The van der Waals surface area contributed by atoms with Gasteiger partial charge >= 0.3 is 18.0 Å². The molecule has 35 heavy (non-hydrogen) atoms. The average Bonchev–Trinajstić information content (AvgIpc) is 3.27. The standard InChI is InChI=1S/C25H36N2O8/c1-7-32-22(29)18-13-17(21(28)33-14-16-11-9-8-10-12-16)20(27(18)31)19-15-34-25(5,6)26(19)23(30)35-24(2,3)4/h8-12,17-20,31H,7,13-15H2,1-6H3/t17-,18+,19+,20+/m0/s1. The average molecular weight is 493 g/mol. The van der Waals surface area contributed by atoms with Crippen LogP contribution in [0.3, 0.4) is 0 Å². The summed E-state index contributed by atoms with van der Waals surface area (Å²) >= 11 is 0. The molecule has 1 aromatic carbocycles. The van der Waals surface area contributed by atoms with Crippen LogP contribution in [0.15, 0.2) is 30.3 Å². The maximum Gasteiger partial charge on any atom is 0.412 e. The fourth-order valence-electron chi connectivity index (χ4n) is 4.59. The zero-order valence-corrected chi connectivity index (χ0v) is 21.2. The molecule has 2 saturated heterocycles. The number of carbonyl (C=O) groups excluding carboxylic acids is 3. The van der Waals surface area contributed by atoms with Crippen molar-refractivity contribution in [3.8, 4) is 0 Å². The van der Waals surface area contributed by atoms with E-state index < -0.39 is 53.4 Å². The Balaban J connectivity index is 1.89. The Morgan fingerprint density at radius 3 is 2.37 bits per heavy atom. The van der Waals surface area contributed by atoms with Crippen LogP contribution < -0.4 is 0 Å². The highest BCUT2D eigenvalue weighted by Crippen LogP contribution is 2.40. The first kappa shape index (κ1) is 26.9. The highest BCUT2D eigenvalue weighted by molar-refractivity contribution is 5.80. The van der Waals surface area contributed by atoms with E-state index in [-0.39, 0.29) is 26.2 Å². The molecule has 1 aromatic rings. The Morgan fingerprint density at radius 1 is 1.11 bits per heavy atom. The lowest BCUT2D eigenvalue weighted by Gasteiger charge is -2.39. The van der Waals surface area contributed by atoms with E-state index in [0.29, 0.717) is 0 Å². The highest BCUT2D eigenvalue weighted by Gasteiger charge is 2.58. The van der Waals surface area contributed by atoms with Gasteiger partial charge in [0.1, 0.15) is 24.0 Å². The van der Waals surface area contributed by atoms with Crippen LogP contribution in [-0.4, -0.2) is 75.9 Å². The quantitative estimate of drug-likeness (QED) is 0.472. The molecular weight excluding hydrogens is 456 g/mol. The summed E-state index contributed by atoms with van der Waals surface area (Å²) in [7, 11) is 0. The SMILES string of the molecule is CCOC(=O)[C@H]1C[C@H](C(=O)OCc2ccccc2)[C@H]([C@H]2COC(C)(C)N2C(=O)OC(C)(C)C)N1O. The Kier molecular flexibility index (Phi) is 8.08. The minimum Gasteiger partial charge on any atom is -0.465 e. The molecule has 1 N–H and O–H groups in total. The highest BCUT2D eigenvalue weighted by atomic mass is 16.6. The summed E-state index contributed by atoms with van der Waals surface area (Å²) in [4.78, 5) is 40.4. The van der Waals surface area contributed by atoms with Gasteiger partial charge in [0.15, 0.2) is 0 Å². The van der Waals surface area contributed by atoms with Crippen molar-refractivity contribution in [2.75, 3.05) is 13.2 Å². The number of ether oxygens (including phenoxy) is 4. The van der Waals surface area contributed by atoms with E-state index in [0.717, 1.165) is 10.6 Å². The first-order valence-corrected chi connectivity index (χ1v) is 11.9. The van der Waals surface area contributed by atoms with E-state index in [9.17, 15) is 19.6 Å². The van der Waals surface area contributed by atoms with Crippen LogP contribution in [0.25, 0.3) is 0 Å². The third kappa shape index (κ3) is 6.12. The topological polar surface area (TPSA) is 115 Å². The largest absolute Gasteiger partial charge is 0.465 e. The summed E-state index contributed by atoms with van der Waals surface area (Å²) < 4.78 is 22.2. The number of hydrogen-bond acceptors (Lipinski definition) is 9. The molecule has 0 spiro atoms. The number of benzene rings is 1. The lowest BCUT2D eigenvalue weighted by molar-refractivity contribution is -0.184. The van der Waals surface area contributed by atoms with Crippen molar-refractivity contribution >= 4 is 18.0 Å². The monoisotopic (exact) mass is 492 g/mol. The lowest BCUT2D eigenvalue weighted by atomic mass is 9.93. The Labute approximate surface area is 206 Å². The van der Waals surface area contributed by atoms with Gasteiger partial charge in [0, 0.05) is 0 Å². The number of rotatable bonds is 6. The van der Waals surface area contributed by atoms with Crippen LogP contribution in [0.4, 0.5) is 4.79 Å². The first-order valence-electron chi connectivity index (χ1n) is 11.9. The van der Waals surface area contributed by atoms with Crippen molar-refractivity contribution < 1.29 is 38.5 Å². The Bertz CT molecular complexity index is 914. The molecule has 0 bridgehead atoms. The second kappa shape index (κ2) is 10.5. The number of hydroxylamine groups is 2. The summed E-state index contributed by atoms with van der Waals surface area (Å²) in [5.74, 6) is -2.15. The van der Waals surface area contributed by atoms with E-state index >= 15 is 0 Å². The molecule has 2 aliphatic heterocycles. The maximum absolute atomic E-state index is 13.2. The van der Waals surface area contributed by atoms with E-state index in [1.54, 1.807) is 41.5 Å². The number of amides is 1. The van der Waals surface area contributed by atoms with Crippen LogP contribution in [0, 0.1) is 5.92 Å². The minimum absolute atomic E-state index is 0.0211. The molecule has 0 aliphatic carbocycles. The second-order valence-electron chi connectivity index (χ2n) is 10.2. The van der Waals surface area contributed by atoms with Gasteiger partial charge < -0.3 is 24.2 Å². The van der Waals surface area contributed by atoms with Gasteiger partial charge in [-0.05, 0) is 53.5 Å². The smallest absolute Gasteiger partial charge is 0.412 e. The zero-order valence-electron chi connectivity index (χ0n) is 21.2. The van der Waals surface area contributed by atoms with Crippen molar-refractivity contribution in [1.82, 2.24) is 9.96 Å². The molecule has 2 aliphatic rings. The summed E-state index contributed by atoms with van der Waals surface area (Å²) in [6.07, 6.45) is -0.665. The summed E-state index contributed by atoms with van der Waals surface area (Å²) in [6.45, 7) is 10.5. The van der Waals surface area contributed by atoms with Gasteiger partial charge in [-0.25, -0.2) is 4.79 Å². The van der Waals surface area contributed by atoms with Crippen molar-refractivity contribution in [2.24, 2.45) is 5.92 Å². The summed E-state index contributed by atoms with van der Waals surface area (Å²) in [6, 6.07) is 6.36. The van der Waals surface area contributed by atoms with Gasteiger partial charge in [0.2, 0.25) is 0 Å². The molecule has 0 radical (unpaired) electrons. The van der Waals surface area contributed by atoms with Gasteiger partial charge in [-0.2, -0.15) is 5.06 Å². The van der Waals surface area contributed by atoms with Gasteiger partial charge in [0.05, 0.1) is 31.2 Å². The summed E-state index contributed by atoms with van der Waals surface area (Å²) in [5.41, 5.74) is -1.02. The maximum atomic E-state index is 13.2. The van der Waals surface area contributed by atoms with E-state index in [1.165, 1.54) is 4.90 Å². The van der Waals surface area contributed by atoms with Gasteiger partial charge in [-0.1, -0.05) is 30.3 Å². The zero-order chi connectivity index (χ0) is 26.0. The molecule has 2 fully saturated rings. The van der Waals surface area contributed by atoms with E-state index in [2.05, 4.69) is 0 Å². The molecule has 3 rings (SSSR count). The first-order chi connectivity index (χ1) is 16.4. The predicted molar refractivity (Wildman–Crippen MR) is 124 cm³/mol. The van der Waals surface area contributed by atoms with Crippen LogP contribution in [0.2, 0.25) is 0 Å². The van der Waals surface area contributed by atoms with Gasteiger partial charge in [-0.3, -0.25) is 14.5 Å². The molecule has 0 aromatic heterocycles.